The summed E-state index contributed by atoms with van der Waals surface area (Å²) in [4.78, 5) is 14.7. The summed E-state index contributed by atoms with van der Waals surface area (Å²) in [6.45, 7) is 4.08. The minimum atomic E-state index is -0.814. The zero-order chi connectivity index (χ0) is 11.4. The lowest BCUT2D eigenvalue weighted by atomic mass is 10.1. The van der Waals surface area contributed by atoms with Crippen molar-refractivity contribution in [1.29, 1.82) is 0 Å². The van der Waals surface area contributed by atoms with Crippen LogP contribution in [0.15, 0.2) is 12.5 Å². The highest BCUT2D eigenvalue weighted by atomic mass is 16.4. The Morgan fingerprint density at radius 2 is 2.33 bits per heavy atom. The van der Waals surface area contributed by atoms with Crippen LogP contribution in [0.5, 0.6) is 0 Å². The average molecular weight is 211 g/mol. The summed E-state index contributed by atoms with van der Waals surface area (Å²) in [6.07, 6.45) is 3.51. The van der Waals surface area contributed by atoms with Crippen LogP contribution in [0.1, 0.15) is 38.0 Å². The van der Waals surface area contributed by atoms with Gasteiger partial charge in [-0.25, -0.2) is 4.98 Å². The van der Waals surface area contributed by atoms with Gasteiger partial charge in [-0.3, -0.25) is 4.79 Å². The maximum absolute atomic E-state index is 10.7. The Morgan fingerprint density at radius 3 is 2.80 bits per heavy atom. The molecule has 1 aromatic rings. The molecule has 2 N–H and O–H groups in total. The maximum atomic E-state index is 10.7. The van der Waals surface area contributed by atoms with Crippen molar-refractivity contribution in [2.24, 2.45) is 0 Å². The maximum Gasteiger partial charge on any atom is 0.305 e. The summed E-state index contributed by atoms with van der Waals surface area (Å²) >= 11 is 0. The van der Waals surface area contributed by atoms with Crippen molar-refractivity contribution in [2.45, 2.75) is 32.4 Å². The molecular formula is C10H17N3O2. The van der Waals surface area contributed by atoms with E-state index in [0.717, 1.165) is 5.69 Å². The first-order valence-electron chi connectivity index (χ1n) is 4.97. The van der Waals surface area contributed by atoms with E-state index in [9.17, 15) is 4.79 Å². The van der Waals surface area contributed by atoms with Crippen molar-refractivity contribution in [3.8, 4) is 0 Å². The Hall–Kier alpha value is -1.36. The highest BCUT2D eigenvalue weighted by molar-refractivity contribution is 5.67. The van der Waals surface area contributed by atoms with E-state index >= 15 is 0 Å². The first kappa shape index (κ1) is 11.7. The van der Waals surface area contributed by atoms with Gasteiger partial charge in [0.05, 0.1) is 24.5 Å². The molecular weight excluding hydrogens is 194 g/mol. The average Bonchev–Trinajstić information content (AvgIpc) is 2.62. The Labute approximate surface area is 89.1 Å². The van der Waals surface area contributed by atoms with E-state index in [1.54, 1.807) is 19.6 Å². The summed E-state index contributed by atoms with van der Waals surface area (Å²) in [7, 11) is 1.76. The first-order valence-corrected chi connectivity index (χ1v) is 4.97. The van der Waals surface area contributed by atoms with E-state index in [4.69, 9.17) is 5.11 Å². The van der Waals surface area contributed by atoms with E-state index < -0.39 is 5.97 Å². The van der Waals surface area contributed by atoms with Crippen LogP contribution in [-0.4, -0.2) is 27.7 Å². The molecule has 5 nitrogen and oxygen atoms in total. The van der Waals surface area contributed by atoms with Gasteiger partial charge in [0.1, 0.15) is 0 Å². The van der Waals surface area contributed by atoms with Gasteiger partial charge >= 0.3 is 5.97 Å². The molecule has 5 heteroatoms. The lowest BCUT2D eigenvalue weighted by molar-refractivity contribution is -0.137. The third-order valence-corrected chi connectivity index (χ3v) is 2.34. The summed E-state index contributed by atoms with van der Waals surface area (Å²) in [5, 5.41) is 11.8. The van der Waals surface area contributed by atoms with E-state index in [2.05, 4.69) is 10.3 Å². The Balaban J connectivity index is 2.91. The number of aliphatic carboxylic acids is 1. The molecule has 0 aliphatic heterocycles. The van der Waals surface area contributed by atoms with Crippen molar-refractivity contribution < 1.29 is 9.90 Å². The summed E-state index contributed by atoms with van der Waals surface area (Å²) in [5.41, 5.74) is 0.912. The minimum Gasteiger partial charge on any atom is -0.481 e. The van der Waals surface area contributed by atoms with Gasteiger partial charge in [0.25, 0.3) is 0 Å². The smallest absolute Gasteiger partial charge is 0.305 e. The molecule has 0 aromatic carbocycles. The van der Waals surface area contributed by atoms with Crippen LogP contribution in [0.4, 0.5) is 0 Å². The van der Waals surface area contributed by atoms with Gasteiger partial charge in [-0.05, 0) is 20.9 Å². The number of carbonyl (C=O) groups is 1. The Bertz CT molecular complexity index is 333. The second-order valence-corrected chi connectivity index (χ2v) is 3.76. The molecule has 1 heterocycles. The number of carboxylic acids is 1. The molecule has 0 saturated heterocycles. The second kappa shape index (κ2) is 4.93. The molecule has 84 valence electrons. The van der Waals surface area contributed by atoms with Gasteiger partial charge in [0.2, 0.25) is 0 Å². The molecule has 0 radical (unpaired) electrons. The van der Waals surface area contributed by atoms with Gasteiger partial charge in [0.15, 0.2) is 0 Å². The van der Waals surface area contributed by atoms with Crippen molar-refractivity contribution in [1.82, 2.24) is 14.9 Å². The first-order chi connectivity index (χ1) is 7.06. The van der Waals surface area contributed by atoms with Crippen LogP contribution >= 0.6 is 0 Å². The molecule has 0 aliphatic carbocycles. The highest BCUT2D eigenvalue weighted by Crippen LogP contribution is 2.19. The summed E-state index contributed by atoms with van der Waals surface area (Å²) < 4.78 is 1.98. The van der Waals surface area contributed by atoms with Gasteiger partial charge in [-0.15, -0.1) is 0 Å². The topological polar surface area (TPSA) is 67.2 Å². The zero-order valence-corrected chi connectivity index (χ0v) is 9.27. The number of nitrogens with one attached hydrogen (secondary N) is 1. The van der Waals surface area contributed by atoms with E-state index in [1.807, 2.05) is 18.4 Å². The van der Waals surface area contributed by atoms with Crippen LogP contribution in [0.3, 0.4) is 0 Å². The largest absolute Gasteiger partial charge is 0.481 e. The summed E-state index contributed by atoms with van der Waals surface area (Å²) in [5.74, 6) is -0.814. The minimum absolute atomic E-state index is 0.0644. The van der Waals surface area contributed by atoms with E-state index in [1.165, 1.54) is 0 Å². The van der Waals surface area contributed by atoms with Gasteiger partial charge in [0, 0.05) is 12.2 Å². The predicted octanol–water partition coefficient (Wildman–Crippen LogP) is 1.20. The number of hydrogen-bond donors (Lipinski definition) is 2. The molecule has 1 rings (SSSR count). The van der Waals surface area contributed by atoms with E-state index in [0.29, 0.717) is 0 Å². The summed E-state index contributed by atoms with van der Waals surface area (Å²) in [6, 6.07) is 0.0968. The Kier molecular flexibility index (Phi) is 3.85. The molecule has 1 atom stereocenters. The number of imidazole rings is 1. The molecule has 0 bridgehead atoms. The highest BCUT2D eigenvalue weighted by Gasteiger charge is 2.18. The molecule has 0 saturated carbocycles. The van der Waals surface area contributed by atoms with Crippen molar-refractivity contribution >= 4 is 5.97 Å². The van der Waals surface area contributed by atoms with Crippen LogP contribution in [0.2, 0.25) is 0 Å². The van der Waals surface area contributed by atoms with Crippen LogP contribution in [0.25, 0.3) is 0 Å². The van der Waals surface area contributed by atoms with E-state index in [-0.39, 0.29) is 18.5 Å². The molecule has 0 spiro atoms. The standard InChI is InChI=1S/C10H17N3O2/c1-7(2)13-6-12-5-9(13)8(11-3)4-10(14)15/h5-8,11H,4H2,1-3H3,(H,14,15). The number of nitrogens with zero attached hydrogens (tertiary/aromatic N) is 2. The fourth-order valence-electron chi connectivity index (χ4n) is 1.55. The quantitative estimate of drug-likeness (QED) is 0.768. The zero-order valence-electron chi connectivity index (χ0n) is 9.27. The number of carboxylic acid groups (broad SMARTS) is 1. The number of rotatable bonds is 5. The number of hydrogen-bond acceptors (Lipinski definition) is 3. The van der Waals surface area contributed by atoms with Crippen LogP contribution in [-0.2, 0) is 4.79 Å². The molecule has 0 amide bonds. The van der Waals surface area contributed by atoms with Crippen molar-refractivity contribution in [3.05, 3.63) is 18.2 Å². The fraction of sp³-hybridized carbons (Fsp3) is 0.600. The van der Waals surface area contributed by atoms with Gasteiger partial charge in [-0.1, -0.05) is 0 Å². The predicted molar refractivity (Wildman–Crippen MR) is 56.7 cm³/mol. The third kappa shape index (κ3) is 2.79. The lowest BCUT2D eigenvalue weighted by Crippen LogP contribution is -2.23. The van der Waals surface area contributed by atoms with Crippen molar-refractivity contribution in [3.63, 3.8) is 0 Å². The molecule has 0 fully saturated rings. The molecule has 1 aromatic heterocycles. The van der Waals surface area contributed by atoms with Gasteiger partial charge < -0.3 is 15.0 Å². The third-order valence-electron chi connectivity index (χ3n) is 2.34. The fourth-order valence-corrected chi connectivity index (χ4v) is 1.55. The normalized spacial score (nSPS) is 13.1. The second-order valence-electron chi connectivity index (χ2n) is 3.76. The van der Waals surface area contributed by atoms with Crippen LogP contribution < -0.4 is 5.32 Å². The van der Waals surface area contributed by atoms with Crippen molar-refractivity contribution in [2.75, 3.05) is 7.05 Å². The van der Waals surface area contributed by atoms with Gasteiger partial charge in [-0.2, -0.15) is 0 Å². The SMILES string of the molecule is CNC(CC(=O)O)c1cncn1C(C)C. The Morgan fingerprint density at radius 1 is 1.67 bits per heavy atom. The molecule has 0 aliphatic rings. The number of aromatic nitrogens is 2. The monoisotopic (exact) mass is 211 g/mol. The molecule has 1 unspecified atom stereocenters. The molecule has 15 heavy (non-hydrogen) atoms. The lowest BCUT2D eigenvalue weighted by Gasteiger charge is -2.18. The van der Waals surface area contributed by atoms with Crippen LogP contribution in [0, 0.1) is 0 Å².